The minimum atomic E-state index is 0. The molecule has 1 heterocycles. The topological polar surface area (TPSA) is 62.4 Å². The van der Waals surface area contributed by atoms with Crippen molar-refractivity contribution in [2.75, 3.05) is 13.1 Å². The summed E-state index contributed by atoms with van der Waals surface area (Å²) >= 11 is 0. The zero-order chi connectivity index (χ0) is 7.94. The molecule has 0 fully saturated rings. The second-order valence-corrected chi connectivity index (χ2v) is 2.72. The van der Waals surface area contributed by atoms with Crippen molar-refractivity contribution in [1.82, 2.24) is 10.7 Å². The summed E-state index contributed by atoms with van der Waals surface area (Å²) in [5.41, 5.74) is 2.54. The van der Waals surface area contributed by atoms with Gasteiger partial charge < -0.3 is 5.32 Å². The maximum absolute atomic E-state index is 5.23. The van der Waals surface area contributed by atoms with Gasteiger partial charge in [-0.1, -0.05) is 12.8 Å². The molecule has 0 atom stereocenters. The standard InChI is InChI=1S/C7H16N4.BrH/c8-11-7-9-5-3-1-2-4-6-10-7;/h1-6,8H2,(H2,9,10,11);1H. The van der Waals surface area contributed by atoms with Crippen molar-refractivity contribution in [1.29, 1.82) is 0 Å². The van der Waals surface area contributed by atoms with Gasteiger partial charge in [-0.05, 0) is 12.8 Å². The highest BCUT2D eigenvalue weighted by atomic mass is 79.9. The fraction of sp³-hybridized carbons (Fsp3) is 0.857. The molecule has 12 heavy (non-hydrogen) atoms. The third-order valence-electron chi connectivity index (χ3n) is 1.78. The molecule has 0 aromatic heterocycles. The van der Waals surface area contributed by atoms with Crippen LogP contribution in [-0.2, 0) is 0 Å². The Balaban J connectivity index is 0.00000121. The Morgan fingerprint density at radius 2 is 2.00 bits per heavy atom. The van der Waals surface area contributed by atoms with Crippen LogP contribution < -0.4 is 16.6 Å². The first-order valence-corrected chi connectivity index (χ1v) is 4.18. The Morgan fingerprint density at radius 3 is 2.75 bits per heavy atom. The highest BCUT2D eigenvalue weighted by Gasteiger charge is 1.97. The van der Waals surface area contributed by atoms with Gasteiger partial charge in [-0.15, -0.1) is 17.0 Å². The summed E-state index contributed by atoms with van der Waals surface area (Å²) in [7, 11) is 0. The molecule has 0 aliphatic carbocycles. The van der Waals surface area contributed by atoms with E-state index in [1.54, 1.807) is 0 Å². The van der Waals surface area contributed by atoms with E-state index in [-0.39, 0.29) is 17.0 Å². The molecule has 0 unspecified atom stereocenters. The van der Waals surface area contributed by atoms with Gasteiger partial charge in [-0.25, -0.2) is 5.84 Å². The number of hydrogen-bond donors (Lipinski definition) is 3. The van der Waals surface area contributed by atoms with Gasteiger partial charge in [0.15, 0.2) is 0 Å². The molecule has 0 saturated carbocycles. The molecule has 0 aromatic carbocycles. The molecule has 4 nitrogen and oxygen atoms in total. The Hall–Kier alpha value is -0.290. The first kappa shape index (κ1) is 11.7. The molecule has 1 aliphatic rings. The van der Waals surface area contributed by atoms with Crippen molar-refractivity contribution in [3.8, 4) is 0 Å². The van der Waals surface area contributed by atoms with Crippen LogP contribution in [0.15, 0.2) is 4.99 Å². The second kappa shape index (κ2) is 7.36. The number of hydrazine groups is 1. The quantitative estimate of drug-likeness (QED) is 0.426. The fourth-order valence-electron chi connectivity index (χ4n) is 1.14. The van der Waals surface area contributed by atoms with E-state index in [0.717, 1.165) is 19.0 Å². The minimum Gasteiger partial charge on any atom is -0.355 e. The van der Waals surface area contributed by atoms with Crippen molar-refractivity contribution in [2.24, 2.45) is 10.8 Å². The molecule has 0 spiro atoms. The van der Waals surface area contributed by atoms with Crippen LogP contribution in [0.4, 0.5) is 0 Å². The predicted octanol–water partition coefficient (Wildman–Crippen LogP) is 0.547. The third kappa shape index (κ3) is 4.56. The summed E-state index contributed by atoms with van der Waals surface area (Å²) < 4.78 is 0. The molecule has 0 bridgehead atoms. The highest BCUT2D eigenvalue weighted by Crippen LogP contribution is 2.00. The lowest BCUT2D eigenvalue weighted by molar-refractivity contribution is 0.649. The molecular weight excluding hydrogens is 220 g/mol. The predicted molar refractivity (Wildman–Crippen MR) is 56.4 cm³/mol. The zero-order valence-electron chi connectivity index (χ0n) is 7.18. The molecule has 0 aromatic rings. The summed E-state index contributed by atoms with van der Waals surface area (Å²) in [6, 6.07) is 0. The Kier molecular flexibility index (Phi) is 7.19. The Bertz CT molecular complexity index is 137. The summed E-state index contributed by atoms with van der Waals surface area (Å²) in [6.45, 7) is 1.86. The zero-order valence-corrected chi connectivity index (χ0v) is 8.89. The lowest BCUT2D eigenvalue weighted by Crippen LogP contribution is -2.41. The van der Waals surface area contributed by atoms with Gasteiger partial charge >= 0.3 is 0 Å². The van der Waals surface area contributed by atoms with Gasteiger partial charge in [-0.2, -0.15) is 0 Å². The van der Waals surface area contributed by atoms with Crippen molar-refractivity contribution in [3.63, 3.8) is 0 Å². The maximum atomic E-state index is 5.23. The van der Waals surface area contributed by atoms with Crippen LogP contribution in [0.25, 0.3) is 0 Å². The third-order valence-corrected chi connectivity index (χ3v) is 1.78. The van der Waals surface area contributed by atoms with Gasteiger partial charge in [0.05, 0.1) is 0 Å². The first-order valence-electron chi connectivity index (χ1n) is 4.18. The molecule has 0 radical (unpaired) electrons. The molecule has 5 heteroatoms. The SMILES string of the molecule is Br.NNC1=NCCCCCCN1. The molecule has 1 aliphatic heterocycles. The number of hydrogen-bond acceptors (Lipinski definition) is 4. The molecule has 0 saturated heterocycles. The van der Waals surface area contributed by atoms with Crippen molar-refractivity contribution in [3.05, 3.63) is 0 Å². The number of nitrogens with one attached hydrogen (secondary N) is 2. The van der Waals surface area contributed by atoms with E-state index in [4.69, 9.17) is 5.84 Å². The van der Waals surface area contributed by atoms with E-state index >= 15 is 0 Å². The van der Waals surface area contributed by atoms with E-state index in [2.05, 4.69) is 15.7 Å². The Labute approximate surface area is 83.7 Å². The van der Waals surface area contributed by atoms with Gasteiger partial charge in [-0.3, -0.25) is 10.4 Å². The van der Waals surface area contributed by atoms with Crippen LogP contribution >= 0.6 is 17.0 Å². The highest BCUT2D eigenvalue weighted by molar-refractivity contribution is 8.93. The summed E-state index contributed by atoms with van der Waals surface area (Å²) in [5, 5.41) is 3.13. The molecular formula is C7H17BrN4. The fourth-order valence-corrected chi connectivity index (χ4v) is 1.14. The van der Waals surface area contributed by atoms with Crippen LogP contribution in [0.5, 0.6) is 0 Å². The van der Waals surface area contributed by atoms with Crippen LogP contribution in [0, 0.1) is 0 Å². The van der Waals surface area contributed by atoms with Crippen LogP contribution in [0.2, 0.25) is 0 Å². The van der Waals surface area contributed by atoms with Crippen LogP contribution in [0.3, 0.4) is 0 Å². The monoisotopic (exact) mass is 236 g/mol. The largest absolute Gasteiger partial charge is 0.355 e. The molecule has 4 N–H and O–H groups in total. The molecule has 0 amide bonds. The number of nitrogens with two attached hydrogens (primary N) is 1. The number of nitrogens with zero attached hydrogens (tertiary/aromatic N) is 1. The van der Waals surface area contributed by atoms with E-state index in [1.165, 1.54) is 25.7 Å². The van der Waals surface area contributed by atoms with Crippen LogP contribution in [-0.4, -0.2) is 19.0 Å². The van der Waals surface area contributed by atoms with Gasteiger partial charge in [0.25, 0.3) is 0 Å². The molecule has 1 rings (SSSR count). The minimum absolute atomic E-state index is 0. The molecule has 72 valence electrons. The second-order valence-electron chi connectivity index (χ2n) is 2.72. The van der Waals surface area contributed by atoms with E-state index in [1.807, 2.05) is 0 Å². The maximum Gasteiger partial charge on any atom is 0.205 e. The smallest absolute Gasteiger partial charge is 0.205 e. The van der Waals surface area contributed by atoms with Gasteiger partial charge in [0.1, 0.15) is 0 Å². The van der Waals surface area contributed by atoms with Crippen molar-refractivity contribution in [2.45, 2.75) is 25.7 Å². The lowest BCUT2D eigenvalue weighted by Gasteiger charge is -2.05. The number of aliphatic imine (C=N–C) groups is 1. The first-order chi connectivity index (χ1) is 5.43. The summed E-state index contributed by atoms with van der Waals surface area (Å²) in [5.74, 6) is 5.96. The number of halogens is 1. The summed E-state index contributed by atoms with van der Waals surface area (Å²) in [6.07, 6.45) is 4.96. The number of guanidine groups is 1. The lowest BCUT2D eigenvalue weighted by atomic mass is 10.2. The van der Waals surface area contributed by atoms with Crippen molar-refractivity contribution < 1.29 is 0 Å². The van der Waals surface area contributed by atoms with Gasteiger partial charge in [0.2, 0.25) is 5.96 Å². The van der Waals surface area contributed by atoms with E-state index in [0.29, 0.717) is 0 Å². The summed E-state index contributed by atoms with van der Waals surface area (Å²) in [4.78, 5) is 4.23. The number of rotatable bonds is 0. The van der Waals surface area contributed by atoms with E-state index in [9.17, 15) is 0 Å². The average Bonchev–Trinajstić information content (AvgIpc) is 2.16. The van der Waals surface area contributed by atoms with Crippen molar-refractivity contribution >= 4 is 22.9 Å². The normalized spacial score (nSPS) is 18.6. The average molecular weight is 237 g/mol. The van der Waals surface area contributed by atoms with Crippen LogP contribution in [0.1, 0.15) is 25.7 Å². The van der Waals surface area contributed by atoms with Gasteiger partial charge in [0, 0.05) is 13.1 Å². The Morgan fingerprint density at radius 1 is 1.25 bits per heavy atom. The van der Waals surface area contributed by atoms with E-state index < -0.39 is 0 Å².